The Bertz CT molecular complexity index is 426. The predicted molar refractivity (Wildman–Crippen MR) is 74.5 cm³/mol. The van der Waals surface area contributed by atoms with Crippen LogP contribution in [-0.4, -0.2) is 39.1 Å². The van der Waals surface area contributed by atoms with E-state index in [9.17, 15) is 5.11 Å². The molecule has 1 atom stereocenters. The Morgan fingerprint density at radius 2 is 1.74 bits per heavy atom. The number of methoxy groups -OCH3 is 3. The van der Waals surface area contributed by atoms with Crippen LogP contribution in [0.25, 0.3) is 0 Å². The third-order valence-corrected chi connectivity index (χ3v) is 3.13. The molecule has 0 aliphatic rings. The number of nitrogens with two attached hydrogens (primary N) is 1. The number of hydrogen-bond donors (Lipinski definition) is 2. The van der Waals surface area contributed by atoms with Crippen molar-refractivity contribution in [2.24, 2.45) is 5.73 Å². The lowest BCUT2D eigenvalue weighted by atomic mass is 10.0. The first-order chi connectivity index (χ1) is 9.08. The zero-order chi connectivity index (χ0) is 14.4. The lowest BCUT2D eigenvalue weighted by Gasteiger charge is -2.17. The summed E-state index contributed by atoms with van der Waals surface area (Å²) in [5.74, 6) is 1.45. The molecular weight excluding hydrogens is 270 g/mol. The van der Waals surface area contributed by atoms with E-state index in [0.29, 0.717) is 35.1 Å². The third kappa shape index (κ3) is 3.65. The molecule has 5 nitrogen and oxygen atoms in total. The van der Waals surface area contributed by atoms with Crippen LogP contribution in [0.15, 0.2) is 6.07 Å². The van der Waals surface area contributed by atoms with Crippen LogP contribution in [0.3, 0.4) is 0 Å². The average molecular weight is 290 g/mol. The molecule has 1 rings (SSSR count). The van der Waals surface area contributed by atoms with Crippen molar-refractivity contribution in [3.63, 3.8) is 0 Å². The molecule has 108 valence electrons. The smallest absolute Gasteiger partial charge is 0.205 e. The van der Waals surface area contributed by atoms with E-state index in [2.05, 4.69) is 0 Å². The monoisotopic (exact) mass is 289 g/mol. The molecular formula is C13H20ClNO4. The van der Waals surface area contributed by atoms with Gasteiger partial charge in [-0.05, 0) is 24.5 Å². The molecule has 0 aliphatic heterocycles. The summed E-state index contributed by atoms with van der Waals surface area (Å²) in [6.45, 7) is 0.226. The Morgan fingerprint density at radius 3 is 2.21 bits per heavy atom. The molecule has 0 heterocycles. The maximum absolute atomic E-state index is 9.52. The molecule has 0 saturated heterocycles. The summed E-state index contributed by atoms with van der Waals surface area (Å²) in [5, 5.41) is 9.97. The summed E-state index contributed by atoms with van der Waals surface area (Å²) in [5.41, 5.74) is 6.23. The second-order valence-corrected chi connectivity index (χ2v) is 4.45. The Balaban J connectivity index is 3.13. The standard InChI is InChI=1S/C13H20ClNO4/c1-17-11-8(4-5-9(16)7-15)6-10(14)12(18-2)13(11)19-3/h6,9,16H,4-5,7,15H2,1-3H3. The Morgan fingerprint density at radius 1 is 1.16 bits per heavy atom. The number of aliphatic hydroxyl groups excluding tert-OH is 1. The highest BCUT2D eigenvalue weighted by atomic mass is 35.5. The Kier molecular flexibility index (Phi) is 6.21. The third-order valence-electron chi connectivity index (χ3n) is 2.85. The van der Waals surface area contributed by atoms with E-state index < -0.39 is 6.10 Å². The Hall–Kier alpha value is -1.17. The maximum Gasteiger partial charge on any atom is 0.205 e. The summed E-state index contributed by atoms with van der Waals surface area (Å²) >= 11 is 6.14. The van der Waals surface area contributed by atoms with E-state index in [1.54, 1.807) is 13.2 Å². The van der Waals surface area contributed by atoms with E-state index in [4.69, 9.17) is 31.5 Å². The molecule has 19 heavy (non-hydrogen) atoms. The minimum Gasteiger partial charge on any atom is -0.492 e. The fourth-order valence-electron chi connectivity index (χ4n) is 1.87. The quantitative estimate of drug-likeness (QED) is 0.798. The molecule has 0 saturated carbocycles. The SMILES string of the molecule is COc1c(Cl)cc(CCC(O)CN)c(OC)c1OC. The molecule has 0 aliphatic carbocycles. The van der Waals surface area contributed by atoms with Gasteiger partial charge in [0, 0.05) is 6.54 Å². The number of hydrogen-bond acceptors (Lipinski definition) is 5. The van der Waals surface area contributed by atoms with Gasteiger partial charge in [-0.2, -0.15) is 0 Å². The first-order valence-corrected chi connectivity index (χ1v) is 6.32. The molecule has 0 aromatic heterocycles. The van der Waals surface area contributed by atoms with E-state index >= 15 is 0 Å². The van der Waals surface area contributed by atoms with Crippen molar-refractivity contribution < 1.29 is 19.3 Å². The van der Waals surface area contributed by atoms with Crippen LogP contribution in [0, 0.1) is 0 Å². The molecule has 3 N–H and O–H groups in total. The van der Waals surface area contributed by atoms with Crippen LogP contribution in [-0.2, 0) is 6.42 Å². The minimum absolute atomic E-state index is 0.226. The first kappa shape index (κ1) is 15.9. The van der Waals surface area contributed by atoms with Crippen molar-refractivity contribution in [3.05, 3.63) is 16.7 Å². The van der Waals surface area contributed by atoms with Crippen molar-refractivity contribution in [1.29, 1.82) is 0 Å². The highest BCUT2D eigenvalue weighted by Gasteiger charge is 2.20. The van der Waals surface area contributed by atoms with Gasteiger partial charge in [0.05, 0.1) is 32.5 Å². The Labute approximate surface area is 118 Å². The van der Waals surface area contributed by atoms with Gasteiger partial charge in [0.1, 0.15) is 0 Å². The number of aliphatic hydroxyl groups is 1. The normalized spacial score (nSPS) is 12.1. The lowest BCUT2D eigenvalue weighted by Crippen LogP contribution is -2.20. The van der Waals surface area contributed by atoms with Gasteiger partial charge in [0.15, 0.2) is 11.5 Å². The summed E-state index contributed by atoms with van der Waals surface area (Å²) in [6.07, 6.45) is 0.567. The van der Waals surface area contributed by atoms with Gasteiger partial charge in [-0.3, -0.25) is 0 Å². The molecule has 0 spiro atoms. The van der Waals surface area contributed by atoms with E-state index in [1.165, 1.54) is 14.2 Å². The number of halogens is 1. The summed E-state index contributed by atoms with van der Waals surface area (Å²) in [4.78, 5) is 0. The fraction of sp³-hybridized carbons (Fsp3) is 0.538. The predicted octanol–water partition coefficient (Wildman–Crippen LogP) is 1.62. The number of ether oxygens (including phenoxy) is 3. The number of aryl methyl sites for hydroxylation is 1. The van der Waals surface area contributed by atoms with Crippen LogP contribution in [0.2, 0.25) is 5.02 Å². The topological polar surface area (TPSA) is 73.9 Å². The first-order valence-electron chi connectivity index (χ1n) is 5.94. The van der Waals surface area contributed by atoms with Crippen molar-refractivity contribution in [2.45, 2.75) is 18.9 Å². The molecule has 0 bridgehead atoms. The van der Waals surface area contributed by atoms with E-state index in [-0.39, 0.29) is 6.54 Å². The van der Waals surface area contributed by atoms with Gasteiger partial charge in [-0.25, -0.2) is 0 Å². The molecule has 0 radical (unpaired) electrons. The van der Waals surface area contributed by atoms with Crippen LogP contribution in [0.4, 0.5) is 0 Å². The van der Waals surface area contributed by atoms with Gasteiger partial charge in [-0.1, -0.05) is 11.6 Å². The average Bonchev–Trinajstić information content (AvgIpc) is 2.43. The van der Waals surface area contributed by atoms with Gasteiger partial charge in [0.2, 0.25) is 5.75 Å². The van der Waals surface area contributed by atoms with E-state index in [0.717, 1.165) is 5.56 Å². The molecule has 1 unspecified atom stereocenters. The van der Waals surface area contributed by atoms with Crippen molar-refractivity contribution in [3.8, 4) is 17.2 Å². The van der Waals surface area contributed by atoms with Gasteiger partial charge < -0.3 is 25.1 Å². The van der Waals surface area contributed by atoms with Crippen LogP contribution in [0.1, 0.15) is 12.0 Å². The molecule has 1 aromatic carbocycles. The van der Waals surface area contributed by atoms with Gasteiger partial charge >= 0.3 is 0 Å². The molecule has 1 aromatic rings. The zero-order valence-electron chi connectivity index (χ0n) is 11.4. The summed E-state index contributed by atoms with van der Waals surface area (Å²) < 4.78 is 15.9. The van der Waals surface area contributed by atoms with Crippen LogP contribution >= 0.6 is 11.6 Å². The zero-order valence-corrected chi connectivity index (χ0v) is 12.2. The van der Waals surface area contributed by atoms with Crippen LogP contribution in [0.5, 0.6) is 17.2 Å². The van der Waals surface area contributed by atoms with E-state index in [1.807, 2.05) is 0 Å². The second-order valence-electron chi connectivity index (χ2n) is 4.05. The molecule has 6 heteroatoms. The minimum atomic E-state index is -0.545. The van der Waals surface area contributed by atoms with Crippen LogP contribution < -0.4 is 19.9 Å². The number of rotatable bonds is 7. The highest BCUT2D eigenvalue weighted by Crippen LogP contribution is 2.45. The van der Waals surface area contributed by atoms with Crippen molar-refractivity contribution >= 4 is 11.6 Å². The second kappa shape index (κ2) is 7.43. The van der Waals surface area contributed by atoms with Crippen molar-refractivity contribution in [1.82, 2.24) is 0 Å². The summed E-state index contributed by atoms with van der Waals surface area (Å²) in [6, 6.07) is 1.75. The van der Waals surface area contributed by atoms with Gasteiger partial charge in [-0.15, -0.1) is 0 Å². The van der Waals surface area contributed by atoms with Gasteiger partial charge in [0.25, 0.3) is 0 Å². The molecule has 0 fully saturated rings. The fourth-order valence-corrected chi connectivity index (χ4v) is 2.16. The number of benzene rings is 1. The lowest BCUT2D eigenvalue weighted by molar-refractivity contribution is 0.172. The largest absolute Gasteiger partial charge is 0.492 e. The summed E-state index contributed by atoms with van der Waals surface area (Å²) in [7, 11) is 4.59. The van der Waals surface area contributed by atoms with Crippen molar-refractivity contribution in [2.75, 3.05) is 27.9 Å². The highest BCUT2D eigenvalue weighted by molar-refractivity contribution is 6.32. The molecule has 0 amide bonds. The maximum atomic E-state index is 9.52.